The molecule has 1 unspecified atom stereocenters. The van der Waals surface area contributed by atoms with Crippen LogP contribution < -0.4 is 5.32 Å². The van der Waals surface area contributed by atoms with E-state index >= 15 is 0 Å². The van der Waals surface area contributed by atoms with E-state index in [2.05, 4.69) is 36.9 Å². The smallest absolute Gasteiger partial charge is 0.0601 e. The molecule has 1 N–H and O–H groups in total. The van der Waals surface area contributed by atoms with Crippen molar-refractivity contribution in [2.24, 2.45) is 0 Å². The summed E-state index contributed by atoms with van der Waals surface area (Å²) in [5.74, 6) is 2.67. The van der Waals surface area contributed by atoms with Crippen LogP contribution >= 0.6 is 0 Å². The lowest BCUT2D eigenvalue weighted by Gasteiger charge is -2.25. The van der Waals surface area contributed by atoms with E-state index in [4.69, 9.17) is 6.42 Å². The van der Waals surface area contributed by atoms with Gasteiger partial charge in [0, 0.05) is 12.6 Å². The van der Waals surface area contributed by atoms with Gasteiger partial charge in [0.2, 0.25) is 0 Å². The van der Waals surface area contributed by atoms with E-state index in [1.807, 2.05) is 0 Å². The van der Waals surface area contributed by atoms with Crippen molar-refractivity contribution in [3.05, 3.63) is 0 Å². The normalized spacial score (nSPS) is 12.9. The molecule has 0 heterocycles. The second kappa shape index (κ2) is 7.15. The molecule has 70 valence electrons. The Morgan fingerprint density at radius 3 is 2.58 bits per heavy atom. The predicted octanol–water partition coefficient (Wildman–Crippen LogP) is 0.940. The highest BCUT2D eigenvalue weighted by molar-refractivity contribution is 4.89. The van der Waals surface area contributed by atoms with Gasteiger partial charge in [-0.05, 0) is 20.0 Å². The van der Waals surface area contributed by atoms with Crippen molar-refractivity contribution in [2.75, 3.05) is 26.2 Å². The number of hydrogen-bond donors (Lipinski definition) is 1. The van der Waals surface area contributed by atoms with Crippen molar-refractivity contribution in [1.29, 1.82) is 0 Å². The predicted molar refractivity (Wildman–Crippen MR) is 54.1 cm³/mol. The van der Waals surface area contributed by atoms with E-state index in [1.54, 1.807) is 0 Å². The molecule has 0 aliphatic heterocycles. The third-order valence-electron chi connectivity index (χ3n) is 2.01. The first-order chi connectivity index (χ1) is 5.76. The SMILES string of the molecule is C#CCN(CC)C(C)CNCC. The second-order valence-electron chi connectivity index (χ2n) is 2.92. The molecule has 0 aliphatic carbocycles. The van der Waals surface area contributed by atoms with Crippen molar-refractivity contribution in [2.45, 2.75) is 26.8 Å². The van der Waals surface area contributed by atoms with Crippen LogP contribution in [0.15, 0.2) is 0 Å². The van der Waals surface area contributed by atoms with E-state index in [-0.39, 0.29) is 0 Å². The fraction of sp³-hybridized carbons (Fsp3) is 0.800. The zero-order valence-electron chi connectivity index (χ0n) is 8.43. The first kappa shape index (κ1) is 11.5. The molecule has 0 aromatic heterocycles. The van der Waals surface area contributed by atoms with Gasteiger partial charge in [0.15, 0.2) is 0 Å². The summed E-state index contributed by atoms with van der Waals surface area (Å²) >= 11 is 0. The Kier molecular flexibility index (Phi) is 6.84. The van der Waals surface area contributed by atoms with Crippen molar-refractivity contribution in [3.8, 4) is 12.3 Å². The van der Waals surface area contributed by atoms with Gasteiger partial charge in [-0.3, -0.25) is 4.90 Å². The minimum Gasteiger partial charge on any atom is -0.315 e. The fourth-order valence-corrected chi connectivity index (χ4v) is 1.18. The van der Waals surface area contributed by atoms with Crippen LogP contribution in [0.3, 0.4) is 0 Å². The van der Waals surface area contributed by atoms with E-state index in [1.165, 1.54) is 0 Å². The van der Waals surface area contributed by atoms with Crippen LogP contribution in [0.4, 0.5) is 0 Å². The molecule has 0 aliphatic rings. The largest absolute Gasteiger partial charge is 0.315 e. The van der Waals surface area contributed by atoms with Crippen LogP contribution in [0.1, 0.15) is 20.8 Å². The molecule has 0 aromatic carbocycles. The minimum atomic E-state index is 0.533. The van der Waals surface area contributed by atoms with E-state index in [0.717, 1.165) is 26.2 Å². The summed E-state index contributed by atoms with van der Waals surface area (Å²) in [5, 5.41) is 3.31. The van der Waals surface area contributed by atoms with Crippen molar-refractivity contribution >= 4 is 0 Å². The first-order valence-corrected chi connectivity index (χ1v) is 4.64. The maximum absolute atomic E-state index is 5.26. The topological polar surface area (TPSA) is 15.3 Å². The summed E-state index contributed by atoms with van der Waals surface area (Å²) in [5.41, 5.74) is 0. The number of likely N-dealkylation sites (N-methyl/N-ethyl adjacent to an activating group) is 2. The van der Waals surface area contributed by atoms with E-state index < -0.39 is 0 Å². The molecular formula is C10H20N2. The molecule has 0 bridgehead atoms. The Morgan fingerprint density at radius 1 is 1.50 bits per heavy atom. The Labute approximate surface area is 76.3 Å². The Morgan fingerprint density at radius 2 is 2.17 bits per heavy atom. The van der Waals surface area contributed by atoms with Gasteiger partial charge in [-0.2, -0.15) is 0 Å². The molecule has 0 saturated heterocycles. The van der Waals surface area contributed by atoms with Gasteiger partial charge >= 0.3 is 0 Å². The molecule has 0 saturated carbocycles. The Hall–Kier alpha value is -0.520. The zero-order chi connectivity index (χ0) is 9.40. The van der Waals surface area contributed by atoms with Crippen LogP contribution in [0, 0.1) is 12.3 Å². The van der Waals surface area contributed by atoms with E-state index in [0.29, 0.717) is 6.04 Å². The van der Waals surface area contributed by atoms with Gasteiger partial charge < -0.3 is 5.32 Å². The molecular weight excluding hydrogens is 148 g/mol. The standard InChI is InChI=1S/C10H20N2/c1-5-8-12(7-3)10(4)9-11-6-2/h1,10-11H,6-9H2,2-4H3. The summed E-state index contributed by atoms with van der Waals surface area (Å²) in [6, 6.07) is 0.533. The molecule has 12 heavy (non-hydrogen) atoms. The molecule has 0 fully saturated rings. The molecule has 0 amide bonds. The van der Waals surface area contributed by atoms with E-state index in [9.17, 15) is 0 Å². The third-order valence-corrected chi connectivity index (χ3v) is 2.01. The second-order valence-corrected chi connectivity index (χ2v) is 2.92. The van der Waals surface area contributed by atoms with Crippen LogP contribution in [-0.4, -0.2) is 37.1 Å². The third kappa shape index (κ3) is 4.38. The van der Waals surface area contributed by atoms with Crippen LogP contribution in [0.2, 0.25) is 0 Å². The maximum Gasteiger partial charge on any atom is 0.0601 e. The minimum absolute atomic E-state index is 0.533. The van der Waals surface area contributed by atoms with Crippen molar-refractivity contribution < 1.29 is 0 Å². The van der Waals surface area contributed by atoms with Crippen molar-refractivity contribution in [3.63, 3.8) is 0 Å². The van der Waals surface area contributed by atoms with Gasteiger partial charge in [0.25, 0.3) is 0 Å². The van der Waals surface area contributed by atoms with Gasteiger partial charge in [0.1, 0.15) is 0 Å². The molecule has 0 rings (SSSR count). The molecule has 1 atom stereocenters. The summed E-state index contributed by atoms with van der Waals surface area (Å²) in [4.78, 5) is 2.28. The van der Waals surface area contributed by atoms with Gasteiger partial charge in [-0.25, -0.2) is 0 Å². The fourth-order valence-electron chi connectivity index (χ4n) is 1.18. The number of rotatable bonds is 6. The molecule has 0 spiro atoms. The summed E-state index contributed by atoms with van der Waals surface area (Å²) in [6.45, 7) is 10.3. The monoisotopic (exact) mass is 168 g/mol. The van der Waals surface area contributed by atoms with Crippen LogP contribution in [-0.2, 0) is 0 Å². The first-order valence-electron chi connectivity index (χ1n) is 4.64. The average molecular weight is 168 g/mol. The maximum atomic E-state index is 5.26. The molecule has 0 aromatic rings. The molecule has 2 heteroatoms. The van der Waals surface area contributed by atoms with Crippen LogP contribution in [0.5, 0.6) is 0 Å². The number of terminal acetylenes is 1. The van der Waals surface area contributed by atoms with Gasteiger partial charge in [-0.1, -0.05) is 19.8 Å². The summed E-state index contributed by atoms with van der Waals surface area (Å²) < 4.78 is 0. The quantitative estimate of drug-likeness (QED) is 0.594. The van der Waals surface area contributed by atoms with Gasteiger partial charge in [0.05, 0.1) is 6.54 Å². The zero-order valence-corrected chi connectivity index (χ0v) is 8.43. The number of nitrogens with zero attached hydrogens (tertiary/aromatic N) is 1. The number of nitrogens with one attached hydrogen (secondary N) is 1. The highest BCUT2D eigenvalue weighted by atomic mass is 15.2. The lowest BCUT2D eigenvalue weighted by molar-refractivity contribution is 0.242. The molecule has 0 radical (unpaired) electrons. The summed E-state index contributed by atoms with van der Waals surface area (Å²) in [6.07, 6.45) is 5.26. The summed E-state index contributed by atoms with van der Waals surface area (Å²) in [7, 11) is 0. The van der Waals surface area contributed by atoms with Crippen LogP contribution in [0.25, 0.3) is 0 Å². The highest BCUT2D eigenvalue weighted by Crippen LogP contribution is 1.95. The Bertz CT molecular complexity index is 137. The molecule has 2 nitrogen and oxygen atoms in total. The van der Waals surface area contributed by atoms with Gasteiger partial charge in [-0.15, -0.1) is 6.42 Å². The lowest BCUT2D eigenvalue weighted by atomic mass is 10.2. The number of hydrogen-bond acceptors (Lipinski definition) is 2. The van der Waals surface area contributed by atoms with Crippen molar-refractivity contribution in [1.82, 2.24) is 10.2 Å². The Balaban J connectivity index is 3.70. The average Bonchev–Trinajstić information content (AvgIpc) is 2.10. The highest BCUT2D eigenvalue weighted by Gasteiger charge is 2.08. The lowest BCUT2D eigenvalue weighted by Crippen LogP contribution is -2.40.